The number of ether oxygens (including phenoxy) is 3. The summed E-state index contributed by atoms with van der Waals surface area (Å²) in [6.07, 6.45) is 4.25. The molecule has 150 valence electrons. The molecule has 1 unspecified atom stereocenters. The SMILES string of the molecule is CCOC(=O)CCN(C(=O)/C=C/c1ccc(OCC)c(OC)c1)C(C)CC. The molecule has 6 nitrogen and oxygen atoms in total. The van der Waals surface area contributed by atoms with Crippen LogP contribution in [-0.4, -0.2) is 49.7 Å². The zero-order chi connectivity index (χ0) is 20.2. The van der Waals surface area contributed by atoms with Gasteiger partial charge in [0.1, 0.15) is 0 Å². The number of carbonyl (C=O) groups is 2. The Balaban J connectivity index is 2.85. The van der Waals surface area contributed by atoms with E-state index >= 15 is 0 Å². The van der Waals surface area contributed by atoms with Gasteiger partial charge < -0.3 is 19.1 Å². The van der Waals surface area contributed by atoms with Crippen molar-refractivity contribution < 1.29 is 23.8 Å². The molecule has 1 aromatic rings. The van der Waals surface area contributed by atoms with Gasteiger partial charge in [0.15, 0.2) is 11.5 Å². The van der Waals surface area contributed by atoms with Crippen LogP contribution >= 0.6 is 0 Å². The highest BCUT2D eigenvalue weighted by atomic mass is 16.5. The molecule has 0 aliphatic rings. The van der Waals surface area contributed by atoms with Crippen LogP contribution in [0.15, 0.2) is 24.3 Å². The van der Waals surface area contributed by atoms with Gasteiger partial charge in [-0.1, -0.05) is 13.0 Å². The average molecular weight is 377 g/mol. The standard InChI is InChI=1S/C21H31NO5/c1-6-16(4)22(14-13-21(24)27-8-3)20(23)12-10-17-9-11-18(26-7-2)19(15-17)25-5/h9-12,15-16H,6-8,13-14H2,1-5H3/b12-10+. The predicted octanol–water partition coefficient (Wildman–Crippen LogP) is 3.69. The summed E-state index contributed by atoms with van der Waals surface area (Å²) in [5.74, 6) is 0.854. The van der Waals surface area contributed by atoms with E-state index in [0.717, 1.165) is 12.0 Å². The molecule has 6 heteroatoms. The summed E-state index contributed by atoms with van der Waals surface area (Å²) in [7, 11) is 1.58. The molecule has 0 saturated carbocycles. The lowest BCUT2D eigenvalue weighted by Crippen LogP contribution is -2.38. The van der Waals surface area contributed by atoms with Crippen LogP contribution in [0, 0.1) is 0 Å². The van der Waals surface area contributed by atoms with Gasteiger partial charge in [0.05, 0.1) is 26.7 Å². The molecule has 0 heterocycles. The van der Waals surface area contributed by atoms with E-state index in [0.29, 0.717) is 31.3 Å². The molecule has 0 fully saturated rings. The molecule has 1 atom stereocenters. The van der Waals surface area contributed by atoms with Crippen LogP contribution in [0.2, 0.25) is 0 Å². The Morgan fingerprint density at radius 1 is 1.15 bits per heavy atom. The second kappa shape index (κ2) is 12.0. The number of carbonyl (C=O) groups excluding carboxylic acids is 2. The number of amides is 1. The van der Waals surface area contributed by atoms with Crippen molar-refractivity contribution in [2.24, 2.45) is 0 Å². The third kappa shape index (κ3) is 7.33. The number of hydrogen-bond acceptors (Lipinski definition) is 5. The summed E-state index contributed by atoms with van der Waals surface area (Å²) in [5, 5.41) is 0. The first-order chi connectivity index (χ1) is 13.0. The first kappa shape index (κ1) is 22.5. The van der Waals surface area contributed by atoms with Gasteiger partial charge in [0.25, 0.3) is 0 Å². The molecule has 1 rings (SSSR count). The molecular weight excluding hydrogens is 346 g/mol. The Morgan fingerprint density at radius 3 is 2.48 bits per heavy atom. The molecule has 0 radical (unpaired) electrons. The van der Waals surface area contributed by atoms with Gasteiger partial charge in [0, 0.05) is 18.7 Å². The fraction of sp³-hybridized carbons (Fsp3) is 0.524. The van der Waals surface area contributed by atoms with Crippen molar-refractivity contribution in [3.63, 3.8) is 0 Å². The molecule has 0 N–H and O–H groups in total. The molecule has 0 aromatic heterocycles. The van der Waals surface area contributed by atoms with Crippen LogP contribution < -0.4 is 9.47 Å². The highest BCUT2D eigenvalue weighted by molar-refractivity contribution is 5.92. The third-order valence-electron chi connectivity index (χ3n) is 4.17. The van der Waals surface area contributed by atoms with Gasteiger partial charge in [-0.15, -0.1) is 0 Å². The molecule has 0 aliphatic heterocycles. The van der Waals surface area contributed by atoms with Crippen LogP contribution in [0.3, 0.4) is 0 Å². The van der Waals surface area contributed by atoms with E-state index in [1.807, 2.05) is 39.0 Å². The number of methoxy groups -OCH3 is 1. The van der Waals surface area contributed by atoms with E-state index < -0.39 is 0 Å². The van der Waals surface area contributed by atoms with E-state index in [2.05, 4.69) is 0 Å². The molecular formula is C21H31NO5. The van der Waals surface area contributed by atoms with Gasteiger partial charge in [-0.3, -0.25) is 9.59 Å². The zero-order valence-corrected chi connectivity index (χ0v) is 17.0. The van der Waals surface area contributed by atoms with E-state index in [9.17, 15) is 9.59 Å². The maximum atomic E-state index is 12.6. The number of hydrogen-bond donors (Lipinski definition) is 0. The summed E-state index contributed by atoms with van der Waals surface area (Å²) in [5.41, 5.74) is 0.832. The second-order valence-corrected chi connectivity index (χ2v) is 6.02. The maximum absolute atomic E-state index is 12.6. The lowest BCUT2D eigenvalue weighted by Gasteiger charge is -2.27. The van der Waals surface area contributed by atoms with Crippen LogP contribution in [0.1, 0.15) is 46.1 Å². The summed E-state index contributed by atoms with van der Waals surface area (Å²) in [6.45, 7) is 8.88. The molecule has 0 saturated heterocycles. The van der Waals surface area contributed by atoms with Crippen molar-refractivity contribution in [2.75, 3.05) is 26.9 Å². The largest absolute Gasteiger partial charge is 0.493 e. The van der Waals surface area contributed by atoms with E-state index in [1.165, 1.54) is 6.08 Å². The average Bonchev–Trinajstić information content (AvgIpc) is 2.67. The fourth-order valence-electron chi connectivity index (χ4n) is 2.54. The quantitative estimate of drug-likeness (QED) is 0.435. The monoisotopic (exact) mass is 377 g/mol. The molecule has 1 amide bonds. The van der Waals surface area contributed by atoms with Gasteiger partial charge >= 0.3 is 5.97 Å². The Bertz CT molecular complexity index is 641. The van der Waals surface area contributed by atoms with E-state index in [-0.39, 0.29) is 24.3 Å². The molecule has 1 aromatic carbocycles. The van der Waals surface area contributed by atoms with Crippen LogP contribution in [0.4, 0.5) is 0 Å². The van der Waals surface area contributed by atoms with Crippen molar-refractivity contribution in [3.8, 4) is 11.5 Å². The maximum Gasteiger partial charge on any atom is 0.307 e. The minimum atomic E-state index is -0.293. The molecule has 27 heavy (non-hydrogen) atoms. The summed E-state index contributed by atoms with van der Waals surface area (Å²) in [4.78, 5) is 25.9. The van der Waals surface area contributed by atoms with Crippen molar-refractivity contribution >= 4 is 18.0 Å². The predicted molar refractivity (Wildman–Crippen MR) is 106 cm³/mol. The summed E-state index contributed by atoms with van der Waals surface area (Å²) in [6, 6.07) is 5.54. The normalized spacial score (nSPS) is 11.9. The van der Waals surface area contributed by atoms with Crippen molar-refractivity contribution in [1.82, 2.24) is 4.90 Å². The fourth-order valence-corrected chi connectivity index (χ4v) is 2.54. The van der Waals surface area contributed by atoms with Crippen molar-refractivity contribution in [2.45, 2.75) is 46.6 Å². The smallest absolute Gasteiger partial charge is 0.307 e. The van der Waals surface area contributed by atoms with Gasteiger partial charge in [-0.25, -0.2) is 0 Å². The number of nitrogens with zero attached hydrogens (tertiary/aromatic N) is 1. The van der Waals surface area contributed by atoms with Gasteiger partial charge in [0.2, 0.25) is 5.91 Å². The third-order valence-corrected chi connectivity index (χ3v) is 4.17. The lowest BCUT2D eigenvalue weighted by molar-refractivity contribution is -0.144. The summed E-state index contributed by atoms with van der Waals surface area (Å²) >= 11 is 0. The molecule has 0 bridgehead atoms. The van der Waals surface area contributed by atoms with Gasteiger partial charge in [-0.2, -0.15) is 0 Å². The minimum Gasteiger partial charge on any atom is -0.493 e. The number of esters is 1. The minimum absolute atomic E-state index is 0.0337. The van der Waals surface area contributed by atoms with Crippen LogP contribution in [0.5, 0.6) is 11.5 Å². The van der Waals surface area contributed by atoms with Crippen LogP contribution in [0.25, 0.3) is 6.08 Å². The Labute approximate surface area is 162 Å². The van der Waals surface area contributed by atoms with Crippen molar-refractivity contribution in [1.29, 1.82) is 0 Å². The zero-order valence-electron chi connectivity index (χ0n) is 17.0. The lowest BCUT2D eigenvalue weighted by atomic mass is 10.1. The first-order valence-corrected chi connectivity index (χ1v) is 9.41. The highest BCUT2D eigenvalue weighted by Gasteiger charge is 2.18. The second-order valence-electron chi connectivity index (χ2n) is 6.02. The molecule has 0 aliphatic carbocycles. The number of benzene rings is 1. The Kier molecular flexibility index (Phi) is 10.0. The van der Waals surface area contributed by atoms with E-state index in [1.54, 1.807) is 25.0 Å². The first-order valence-electron chi connectivity index (χ1n) is 9.41. The summed E-state index contributed by atoms with van der Waals surface area (Å²) < 4.78 is 15.8. The topological polar surface area (TPSA) is 65.1 Å². The number of rotatable bonds is 11. The van der Waals surface area contributed by atoms with Gasteiger partial charge in [-0.05, 0) is 51.0 Å². The Morgan fingerprint density at radius 2 is 1.89 bits per heavy atom. The molecule has 0 spiro atoms. The highest BCUT2D eigenvalue weighted by Crippen LogP contribution is 2.28. The van der Waals surface area contributed by atoms with E-state index in [4.69, 9.17) is 14.2 Å². The van der Waals surface area contributed by atoms with Crippen molar-refractivity contribution in [3.05, 3.63) is 29.8 Å². The Hall–Kier alpha value is -2.50. The van der Waals surface area contributed by atoms with Crippen LogP contribution in [-0.2, 0) is 14.3 Å².